The molecule has 0 fully saturated rings. The molecule has 0 unspecified atom stereocenters. The van der Waals surface area contributed by atoms with Crippen LogP contribution in [-0.2, 0) is 27.8 Å². The minimum Gasteiger partial charge on any atom is -0.376 e. The van der Waals surface area contributed by atoms with E-state index in [9.17, 15) is 17.2 Å². The third kappa shape index (κ3) is 3.33. The van der Waals surface area contributed by atoms with Gasteiger partial charge in [0.25, 0.3) is 15.9 Å². The van der Waals surface area contributed by atoms with Gasteiger partial charge in [-0.15, -0.1) is 11.3 Å². The number of thiophene rings is 1. The number of nitrogens with zero attached hydrogens (tertiary/aromatic N) is 2. The minimum atomic E-state index is -4.37. The van der Waals surface area contributed by atoms with Crippen LogP contribution in [0.3, 0.4) is 0 Å². The summed E-state index contributed by atoms with van der Waals surface area (Å²) in [5.74, 6) is -1.36. The van der Waals surface area contributed by atoms with Gasteiger partial charge in [-0.05, 0) is 37.1 Å². The zero-order valence-corrected chi connectivity index (χ0v) is 15.6. The quantitative estimate of drug-likeness (QED) is 0.706. The van der Waals surface area contributed by atoms with Gasteiger partial charge in [0.15, 0.2) is 5.82 Å². The van der Waals surface area contributed by atoms with Crippen LogP contribution >= 0.6 is 11.3 Å². The van der Waals surface area contributed by atoms with Gasteiger partial charge in [-0.25, -0.2) is 17.2 Å². The molecule has 27 heavy (non-hydrogen) atoms. The van der Waals surface area contributed by atoms with Crippen LogP contribution in [0.5, 0.6) is 0 Å². The van der Waals surface area contributed by atoms with E-state index in [1.54, 1.807) is 6.92 Å². The summed E-state index contributed by atoms with van der Waals surface area (Å²) in [5, 5.41) is 3.94. The van der Waals surface area contributed by atoms with E-state index in [0.717, 1.165) is 33.9 Å². The van der Waals surface area contributed by atoms with E-state index in [4.69, 9.17) is 9.26 Å². The number of sulfonamides is 1. The maximum atomic E-state index is 14.0. The smallest absolute Gasteiger partial charge is 0.265 e. The molecule has 1 aliphatic heterocycles. The number of hydrogen-bond donors (Lipinski definition) is 1. The largest absolute Gasteiger partial charge is 0.376 e. The van der Waals surface area contributed by atoms with Crippen molar-refractivity contribution in [1.29, 1.82) is 0 Å². The van der Waals surface area contributed by atoms with Gasteiger partial charge in [0.05, 0.1) is 18.8 Å². The molecule has 3 heterocycles. The molecule has 0 spiro atoms. The number of nitrogens with one attached hydrogen (secondary N) is 1. The second-order valence-electron chi connectivity index (χ2n) is 5.84. The van der Waals surface area contributed by atoms with E-state index in [2.05, 4.69) is 14.9 Å². The monoisotopic (exact) mass is 413 g/mol. The predicted octanol–water partition coefficient (Wildman–Crippen LogP) is 3.26. The molecule has 0 amide bonds. The van der Waals surface area contributed by atoms with Gasteiger partial charge in [0.2, 0.25) is 0 Å². The maximum Gasteiger partial charge on any atom is 0.265 e. The third-order valence-electron chi connectivity index (χ3n) is 3.97. The molecule has 142 valence electrons. The van der Waals surface area contributed by atoms with E-state index in [-0.39, 0.29) is 10.9 Å². The van der Waals surface area contributed by atoms with Gasteiger partial charge >= 0.3 is 0 Å². The van der Waals surface area contributed by atoms with Crippen LogP contribution in [0.2, 0.25) is 0 Å². The van der Waals surface area contributed by atoms with E-state index in [0.29, 0.717) is 37.1 Å². The highest BCUT2D eigenvalue weighted by Gasteiger charge is 2.29. The fourth-order valence-electron chi connectivity index (χ4n) is 2.79. The molecule has 0 atom stereocenters. The lowest BCUT2D eigenvalue weighted by molar-refractivity contribution is 0.113. The Labute approximate surface area is 157 Å². The molecule has 1 N–H and O–H groups in total. The number of benzene rings is 1. The molecule has 0 radical (unpaired) electrons. The Balaban J connectivity index is 1.82. The van der Waals surface area contributed by atoms with E-state index < -0.39 is 26.6 Å². The lowest BCUT2D eigenvalue weighted by atomic mass is 10.1. The van der Waals surface area contributed by atoms with Crippen LogP contribution < -0.4 is 4.72 Å². The lowest BCUT2D eigenvalue weighted by Gasteiger charge is -2.12. The van der Waals surface area contributed by atoms with Crippen molar-refractivity contribution < 1.29 is 26.5 Å². The number of fused-ring (bicyclic) bond motifs is 1. The molecular weight excluding hydrogens is 400 g/mol. The van der Waals surface area contributed by atoms with Gasteiger partial charge in [-0.3, -0.25) is 4.72 Å². The van der Waals surface area contributed by atoms with Gasteiger partial charge in [-0.2, -0.15) is 4.98 Å². The van der Waals surface area contributed by atoms with Gasteiger partial charge in [0.1, 0.15) is 21.5 Å². The summed E-state index contributed by atoms with van der Waals surface area (Å²) < 4.78 is 65.7. The number of hydrogen-bond acceptors (Lipinski definition) is 7. The lowest BCUT2D eigenvalue weighted by Crippen LogP contribution is -2.15. The normalized spacial score (nSPS) is 14.2. The van der Waals surface area contributed by atoms with Crippen LogP contribution in [-0.4, -0.2) is 25.2 Å². The summed E-state index contributed by atoms with van der Waals surface area (Å²) in [5.41, 5.74) is 1.28. The van der Waals surface area contributed by atoms with Crippen LogP contribution in [0.25, 0.3) is 11.5 Å². The van der Waals surface area contributed by atoms with Crippen LogP contribution in [0.1, 0.15) is 16.3 Å². The van der Waals surface area contributed by atoms with E-state index in [1.807, 2.05) is 0 Å². The molecule has 0 aliphatic carbocycles. The molecule has 0 bridgehead atoms. The number of aryl methyl sites for hydroxylation is 1. The number of halogens is 2. The minimum absolute atomic E-state index is 0.157. The van der Waals surface area contributed by atoms with Crippen molar-refractivity contribution in [2.45, 2.75) is 24.8 Å². The fraction of sp³-hybridized carbons (Fsp3) is 0.250. The first-order chi connectivity index (χ1) is 12.8. The van der Waals surface area contributed by atoms with Crippen LogP contribution in [0, 0.1) is 18.6 Å². The summed E-state index contributed by atoms with van der Waals surface area (Å²) in [7, 11) is -4.37. The topological polar surface area (TPSA) is 94.3 Å². The highest BCUT2D eigenvalue weighted by molar-refractivity contribution is 7.93. The van der Waals surface area contributed by atoms with Crippen molar-refractivity contribution in [3.8, 4) is 11.5 Å². The van der Waals surface area contributed by atoms with Crippen molar-refractivity contribution in [1.82, 2.24) is 10.1 Å². The van der Waals surface area contributed by atoms with Crippen LogP contribution in [0.15, 0.2) is 27.6 Å². The highest BCUT2D eigenvalue weighted by atomic mass is 32.2. The van der Waals surface area contributed by atoms with Crippen molar-refractivity contribution >= 4 is 26.4 Å². The predicted molar refractivity (Wildman–Crippen MR) is 92.9 cm³/mol. The number of aromatic nitrogens is 2. The average molecular weight is 413 g/mol. The Morgan fingerprint density at radius 2 is 2.11 bits per heavy atom. The molecule has 7 nitrogen and oxygen atoms in total. The molecule has 1 aliphatic rings. The Hall–Kier alpha value is -2.37. The maximum absolute atomic E-state index is 14.0. The summed E-state index contributed by atoms with van der Waals surface area (Å²) in [6.07, 6.45) is 0.540. The van der Waals surface area contributed by atoms with Crippen molar-refractivity contribution in [2.75, 3.05) is 11.3 Å². The molecule has 1 aromatic carbocycles. The summed E-state index contributed by atoms with van der Waals surface area (Å²) in [6.45, 7) is 2.42. The second kappa shape index (κ2) is 6.66. The molecule has 3 aromatic rings. The Kier molecular flexibility index (Phi) is 4.44. The Morgan fingerprint density at radius 1 is 1.30 bits per heavy atom. The zero-order valence-electron chi connectivity index (χ0n) is 14.0. The Bertz CT molecular complexity index is 1120. The summed E-state index contributed by atoms with van der Waals surface area (Å²) >= 11 is 1.14. The SMILES string of the molecule is Cc1noc(-c2c(NS(=O)(=O)c3cc(F)ccc3F)sc3c2CCOC3)n1. The van der Waals surface area contributed by atoms with Gasteiger partial charge < -0.3 is 9.26 Å². The summed E-state index contributed by atoms with van der Waals surface area (Å²) in [4.78, 5) is 4.21. The second-order valence-corrected chi connectivity index (χ2v) is 8.59. The van der Waals surface area contributed by atoms with Gasteiger partial charge in [-0.1, -0.05) is 5.16 Å². The van der Waals surface area contributed by atoms with E-state index >= 15 is 0 Å². The molecule has 11 heteroatoms. The molecule has 4 rings (SSSR count). The fourth-order valence-corrected chi connectivity index (χ4v) is 5.36. The third-order valence-corrected chi connectivity index (χ3v) is 6.59. The zero-order chi connectivity index (χ0) is 19.2. The standard InChI is InChI=1S/C16H13F2N3O4S2/c1-8-19-15(25-20-8)14-10-4-5-24-7-12(10)26-16(14)21-27(22,23)13-6-9(17)2-3-11(13)18/h2-3,6,21H,4-5,7H2,1H3. The first-order valence-corrected chi connectivity index (χ1v) is 10.2. The average Bonchev–Trinajstić information content (AvgIpc) is 3.19. The van der Waals surface area contributed by atoms with Crippen molar-refractivity contribution in [2.24, 2.45) is 0 Å². The van der Waals surface area contributed by atoms with Crippen molar-refractivity contribution in [3.05, 3.63) is 46.1 Å². The van der Waals surface area contributed by atoms with Gasteiger partial charge in [0, 0.05) is 4.88 Å². The molecular formula is C16H13F2N3O4S2. The summed E-state index contributed by atoms with van der Waals surface area (Å²) in [6, 6.07) is 2.24. The number of rotatable bonds is 4. The van der Waals surface area contributed by atoms with Crippen LogP contribution in [0.4, 0.5) is 13.8 Å². The molecule has 2 aromatic heterocycles. The van der Waals surface area contributed by atoms with Crippen molar-refractivity contribution in [3.63, 3.8) is 0 Å². The molecule has 0 saturated heterocycles. The highest BCUT2D eigenvalue weighted by Crippen LogP contribution is 2.43. The first-order valence-electron chi connectivity index (χ1n) is 7.86. The number of anilines is 1. The first kappa shape index (κ1) is 18.0. The van der Waals surface area contributed by atoms with E-state index in [1.165, 1.54) is 0 Å². The Morgan fingerprint density at radius 3 is 2.85 bits per heavy atom. The number of ether oxygens (including phenoxy) is 1. The molecule has 0 saturated carbocycles.